The van der Waals surface area contributed by atoms with Gasteiger partial charge in [-0.2, -0.15) is 10.2 Å². The first kappa shape index (κ1) is 20.0. The van der Waals surface area contributed by atoms with Crippen LogP contribution in [-0.4, -0.2) is 49.5 Å². The van der Waals surface area contributed by atoms with Crippen molar-refractivity contribution in [1.29, 1.82) is 5.26 Å². The zero-order valence-electron chi connectivity index (χ0n) is 16.2. The molecule has 0 amide bonds. The van der Waals surface area contributed by atoms with Crippen molar-refractivity contribution < 1.29 is 14.4 Å². The maximum Gasteiger partial charge on any atom is 0.277 e. The number of fused-ring (bicyclic) bond motifs is 3. The number of ether oxygens (including phenoxy) is 1. The third-order valence-corrected chi connectivity index (χ3v) is 5.15. The monoisotopic (exact) mass is 428 g/mol. The smallest absolute Gasteiger partial charge is 0.277 e. The van der Waals surface area contributed by atoms with E-state index in [1.54, 1.807) is 23.5 Å². The predicted octanol–water partition coefficient (Wildman–Crippen LogP) is 1.97. The van der Waals surface area contributed by atoms with Gasteiger partial charge in [-0.1, -0.05) is 23.7 Å². The van der Waals surface area contributed by atoms with Gasteiger partial charge in [0, 0.05) is 13.7 Å². The van der Waals surface area contributed by atoms with Gasteiger partial charge in [-0.25, -0.2) is 4.98 Å². The lowest BCUT2D eigenvalue weighted by molar-refractivity contribution is 0.187. The van der Waals surface area contributed by atoms with Crippen molar-refractivity contribution in [2.75, 3.05) is 20.3 Å². The fraction of sp³-hybridized carbons (Fsp3) is 0.316. The van der Waals surface area contributed by atoms with Crippen LogP contribution in [0.4, 0.5) is 0 Å². The Morgan fingerprint density at radius 2 is 2.20 bits per heavy atom. The van der Waals surface area contributed by atoms with Gasteiger partial charge in [0.05, 0.1) is 40.8 Å². The summed E-state index contributed by atoms with van der Waals surface area (Å²) in [6, 6.07) is 5.39. The summed E-state index contributed by atoms with van der Waals surface area (Å²) in [5.74, 6) is 0.0318. The molecule has 0 saturated carbocycles. The number of rotatable bonds is 6. The number of benzene rings is 1. The van der Waals surface area contributed by atoms with Crippen LogP contribution in [0.15, 0.2) is 27.8 Å². The number of aliphatic hydroxyl groups excluding tert-OH is 1. The molecule has 0 aliphatic carbocycles. The molecular weight excluding hydrogens is 412 g/mol. The predicted molar refractivity (Wildman–Crippen MR) is 107 cm³/mol. The van der Waals surface area contributed by atoms with Crippen LogP contribution >= 0.6 is 11.6 Å². The Morgan fingerprint density at radius 3 is 2.90 bits per heavy atom. The average Bonchev–Trinajstić information content (AvgIpc) is 3.40. The Morgan fingerprint density at radius 1 is 1.40 bits per heavy atom. The Labute approximate surface area is 174 Å². The molecule has 30 heavy (non-hydrogen) atoms. The minimum atomic E-state index is -0.396. The molecule has 0 aliphatic heterocycles. The number of hydrogen-bond donors (Lipinski definition) is 1. The quantitative estimate of drug-likeness (QED) is 0.493. The van der Waals surface area contributed by atoms with Gasteiger partial charge in [-0.05, 0) is 12.1 Å². The third-order valence-electron chi connectivity index (χ3n) is 4.83. The Balaban J connectivity index is 2.06. The molecule has 1 aromatic carbocycles. The van der Waals surface area contributed by atoms with E-state index in [1.165, 1.54) is 18.0 Å². The number of aliphatic hydroxyl groups is 1. The largest absolute Gasteiger partial charge is 0.396 e. The fourth-order valence-electron chi connectivity index (χ4n) is 3.26. The molecule has 0 saturated heterocycles. The van der Waals surface area contributed by atoms with Crippen LogP contribution in [0, 0.1) is 11.3 Å². The highest BCUT2D eigenvalue weighted by Gasteiger charge is 2.23. The van der Waals surface area contributed by atoms with Crippen LogP contribution in [0.1, 0.15) is 24.3 Å². The molecule has 0 fully saturated rings. The van der Waals surface area contributed by atoms with Crippen LogP contribution in [-0.2, 0) is 11.3 Å². The molecule has 0 radical (unpaired) electrons. The van der Waals surface area contributed by atoms with Gasteiger partial charge in [0.15, 0.2) is 0 Å². The van der Waals surface area contributed by atoms with Gasteiger partial charge in [0.1, 0.15) is 23.6 Å². The van der Waals surface area contributed by atoms with Crippen molar-refractivity contribution in [3.8, 4) is 17.6 Å². The topological polar surface area (TPSA) is 131 Å². The molecule has 4 rings (SSSR count). The molecule has 11 heteroatoms. The number of nitriles is 1. The SMILES string of the molecule is COCCn1c(=O)c2c(-c3noc(C(C)CO)n3)ncn2c2ccc(Cl)c(C#N)c21. The van der Waals surface area contributed by atoms with Crippen molar-refractivity contribution >= 4 is 28.2 Å². The lowest BCUT2D eigenvalue weighted by atomic mass is 10.1. The standard InChI is InChI=1S/C19H17ClN6O4/c1-10(8-27)18-23-17(24-30-18)14-16-19(28)25(5-6-29-2)15-11(7-21)12(20)3-4-13(15)26(16)9-22-14/h3-4,9-10,27H,5-6,8H2,1-2H3. The van der Waals surface area contributed by atoms with E-state index in [1.807, 2.05) is 0 Å². The molecule has 1 N–H and O–H groups in total. The molecule has 1 atom stereocenters. The number of methoxy groups -OCH3 is 1. The summed E-state index contributed by atoms with van der Waals surface area (Å²) < 4.78 is 13.4. The van der Waals surface area contributed by atoms with E-state index < -0.39 is 5.56 Å². The molecule has 0 bridgehead atoms. The minimum absolute atomic E-state index is 0.136. The molecule has 3 aromatic heterocycles. The van der Waals surface area contributed by atoms with Crippen molar-refractivity contribution in [2.45, 2.75) is 19.4 Å². The molecule has 1 unspecified atom stereocenters. The number of halogens is 1. The van der Waals surface area contributed by atoms with Gasteiger partial charge >= 0.3 is 0 Å². The Bertz CT molecular complexity index is 1350. The number of aromatic nitrogens is 5. The normalized spacial score (nSPS) is 12.5. The van der Waals surface area contributed by atoms with Crippen LogP contribution in [0.5, 0.6) is 0 Å². The summed E-state index contributed by atoms with van der Waals surface area (Å²) in [6.07, 6.45) is 1.47. The van der Waals surface area contributed by atoms with E-state index in [0.717, 1.165) is 0 Å². The van der Waals surface area contributed by atoms with Gasteiger partial charge in [-0.3, -0.25) is 9.20 Å². The van der Waals surface area contributed by atoms with Crippen molar-refractivity contribution in [3.63, 3.8) is 0 Å². The second-order valence-electron chi connectivity index (χ2n) is 6.70. The van der Waals surface area contributed by atoms with E-state index in [0.29, 0.717) is 11.0 Å². The molecule has 4 aromatic rings. The number of hydrogen-bond acceptors (Lipinski definition) is 8. The summed E-state index contributed by atoms with van der Waals surface area (Å²) in [4.78, 5) is 22.1. The lowest BCUT2D eigenvalue weighted by Gasteiger charge is -2.14. The van der Waals surface area contributed by atoms with Gasteiger partial charge in [0.2, 0.25) is 11.7 Å². The highest BCUT2D eigenvalue weighted by atomic mass is 35.5. The fourth-order valence-corrected chi connectivity index (χ4v) is 3.46. The summed E-state index contributed by atoms with van der Waals surface area (Å²) >= 11 is 6.21. The lowest BCUT2D eigenvalue weighted by Crippen LogP contribution is -2.25. The van der Waals surface area contributed by atoms with Crippen LogP contribution in [0.25, 0.3) is 28.1 Å². The second-order valence-corrected chi connectivity index (χ2v) is 7.11. The first-order chi connectivity index (χ1) is 14.5. The van der Waals surface area contributed by atoms with Gasteiger partial charge < -0.3 is 18.9 Å². The zero-order chi connectivity index (χ0) is 21.4. The molecule has 10 nitrogen and oxygen atoms in total. The van der Waals surface area contributed by atoms with Crippen molar-refractivity contribution in [1.82, 2.24) is 24.1 Å². The highest BCUT2D eigenvalue weighted by molar-refractivity contribution is 6.32. The van der Waals surface area contributed by atoms with Crippen LogP contribution in [0.3, 0.4) is 0 Å². The van der Waals surface area contributed by atoms with Crippen molar-refractivity contribution in [3.05, 3.63) is 45.3 Å². The first-order valence-electron chi connectivity index (χ1n) is 9.07. The summed E-state index contributed by atoms with van der Waals surface area (Å²) in [7, 11) is 1.53. The van der Waals surface area contributed by atoms with E-state index in [4.69, 9.17) is 20.9 Å². The molecule has 0 aliphatic rings. The second kappa shape index (κ2) is 7.87. The molecule has 3 heterocycles. The van der Waals surface area contributed by atoms with Gasteiger partial charge in [0.25, 0.3) is 5.56 Å². The molecule has 0 spiro atoms. The van der Waals surface area contributed by atoms with E-state index in [-0.39, 0.29) is 59.2 Å². The Hall–Kier alpha value is -3.26. The van der Waals surface area contributed by atoms with E-state index in [2.05, 4.69) is 21.2 Å². The van der Waals surface area contributed by atoms with E-state index >= 15 is 0 Å². The molecular formula is C19H17ClN6O4. The maximum atomic E-state index is 13.4. The highest BCUT2D eigenvalue weighted by Crippen LogP contribution is 2.28. The average molecular weight is 429 g/mol. The summed E-state index contributed by atoms with van der Waals surface area (Å²) in [5.41, 5.74) is 1.24. The Kier molecular flexibility index (Phi) is 5.26. The zero-order valence-corrected chi connectivity index (χ0v) is 16.9. The van der Waals surface area contributed by atoms with Crippen molar-refractivity contribution in [2.24, 2.45) is 0 Å². The molecule has 154 valence electrons. The first-order valence-corrected chi connectivity index (χ1v) is 9.45. The summed E-state index contributed by atoms with van der Waals surface area (Å²) in [5, 5.41) is 23.1. The third kappa shape index (κ3) is 3.04. The minimum Gasteiger partial charge on any atom is -0.396 e. The van der Waals surface area contributed by atoms with Crippen LogP contribution in [0.2, 0.25) is 5.02 Å². The number of imidazole rings is 1. The van der Waals surface area contributed by atoms with Crippen LogP contribution < -0.4 is 5.56 Å². The van der Waals surface area contributed by atoms with E-state index in [9.17, 15) is 15.2 Å². The number of nitrogens with zero attached hydrogens (tertiary/aromatic N) is 6. The maximum absolute atomic E-state index is 13.4. The summed E-state index contributed by atoms with van der Waals surface area (Å²) in [6.45, 7) is 2.05. The van der Waals surface area contributed by atoms with Gasteiger partial charge in [-0.15, -0.1) is 0 Å².